The molecule has 0 aliphatic rings. The van der Waals surface area contributed by atoms with Crippen molar-refractivity contribution in [3.8, 4) is 22.8 Å². The summed E-state index contributed by atoms with van der Waals surface area (Å²) >= 11 is 0. The highest BCUT2D eigenvalue weighted by Gasteiger charge is 2.20. The number of likely N-dealkylation sites (N-methyl/N-ethyl adjacent to an activating group) is 1. The molecule has 0 spiro atoms. The third-order valence-corrected chi connectivity index (χ3v) is 5.81. The first-order valence-electron chi connectivity index (χ1n) is 11.0. The summed E-state index contributed by atoms with van der Waals surface area (Å²) in [5.41, 5.74) is 4.01. The Bertz CT molecular complexity index is 1290. The van der Waals surface area contributed by atoms with E-state index in [1.807, 2.05) is 74.8 Å². The van der Waals surface area contributed by atoms with Crippen LogP contribution < -0.4 is 14.8 Å². The van der Waals surface area contributed by atoms with Crippen LogP contribution in [0.3, 0.4) is 0 Å². The number of hydrogen-bond acceptors (Lipinski definition) is 6. The van der Waals surface area contributed by atoms with E-state index in [-0.39, 0.29) is 11.9 Å². The van der Waals surface area contributed by atoms with Crippen LogP contribution in [0.2, 0.25) is 0 Å². The molecular weight excluding hydrogens is 428 g/mol. The fourth-order valence-electron chi connectivity index (χ4n) is 3.98. The predicted octanol–water partition coefficient (Wildman–Crippen LogP) is 4.35. The van der Waals surface area contributed by atoms with Gasteiger partial charge in [0.2, 0.25) is 0 Å². The summed E-state index contributed by atoms with van der Waals surface area (Å²) in [6.07, 6.45) is 3.44. The van der Waals surface area contributed by atoms with Crippen LogP contribution in [0.1, 0.15) is 22.0 Å². The van der Waals surface area contributed by atoms with Crippen molar-refractivity contribution in [2.24, 2.45) is 0 Å². The highest BCUT2D eigenvalue weighted by Crippen LogP contribution is 2.31. The molecule has 4 aromatic rings. The quantitative estimate of drug-likeness (QED) is 0.425. The zero-order chi connectivity index (χ0) is 24.1. The molecule has 0 radical (unpaired) electrons. The molecule has 0 aliphatic carbocycles. The van der Waals surface area contributed by atoms with E-state index in [1.165, 1.54) is 0 Å². The minimum Gasteiger partial charge on any atom is -0.493 e. The Labute approximate surface area is 199 Å². The van der Waals surface area contributed by atoms with Crippen molar-refractivity contribution < 1.29 is 14.3 Å². The summed E-state index contributed by atoms with van der Waals surface area (Å²) in [6, 6.07) is 19.0. The molecule has 2 aromatic heterocycles. The lowest BCUT2D eigenvalue weighted by molar-refractivity contribution is 0.0943. The molecule has 1 atom stereocenters. The number of aromatic nitrogens is 2. The fraction of sp³-hybridized carbons (Fsp3) is 0.222. The van der Waals surface area contributed by atoms with Gasteiger partial charge in [-0.25, -0.2) is 4.98 Å². The maximum absolute atomic E-state index is 13.4. The molecule has 7 heteroatoms. The molecular formula is C27H28N4O3. The Kier molecular flexibility index (Phi) is 7.04. The van der Waals surface area contributed by atoms with Crippen molar-refractivity contribution in [3.05, 3.63) is 84.2 Å². The lowest BCUT2D eigenvalue weighted by Gasteiger charge is -2.26. The van der Waals surface area contributed by atoms with E-state index in [9.17, 15) is 4.79 Å². The maximum atomic E-state index is 13.4. The number of rotatable bonds is 8. The number of fused-ring (bicyclic) bond motifs is 1. The number of nitrogens with zero attached hydrogens (tertiary/aromatic N) is 3. The summed E-state index contributed by atoms with van der Waals surface area (Å²) < 4.78 is 10.8. The van der Waals surface area contributed by atoms with E-state index >= 15 is 0 Å². The van der Waals surface area contributed by atoms with Gasteiger partial charge in [0.25, 0.3) is 5.91 Å². The Morgan fingerprint density at radius 2 is 1.71 bits per heavy atom. The number of nitrogens with one attached hydrogen (secondary N) is 1. The van der Waals surface area contributed by atoms with Crippen LogP contribution in [0, 0.1) is 0 Å². The average Bonchev–Trinajstić information content (AvgIpc) is 2.88. The van der Waals surface area contributed by atoms with E-state index < -0.39 is 0 Å². The zero-order valence-electron chi connectivity index (χ0n) is 19.8. The van der Waals surface area contributed by atoms with Gasteiger partial charge in [0, 0.05) is 29.9 Å². The second-order valence-electron chi connectivity index (χ2n) is 8.11. The molecule has 1 amide bonds. The second-order valence-corrected chi connectivity index (χ2v) is 8.11. The first kappa shape index (κ1) is 23.2. The average molecular weight is 457 g/mol. The van der Waals surface area contributed by atoms with Crippen LogP contribution >= 0.6 is 0 Å². The number of benzene rings is 2. The number of methoxy groups -OCH3 is 2. The van der Waals surface area contributed by atoms with Gasteiger partial charge < -0.3 is 19.7 Å². The number of hydrogen-bond donors (Lipinski definition) is 1. The summed E-state index contributed by atoms with van der Waals surface area (Å²) in [7, 11) is 7.19. The summed E-state index contributed by atoms with van der Waals surface area (Å²) in [4.78, 5) is 24.3. The Balaban J connectivity index is 1.63. The number of ether oxygens (including phenoxy) is 2. The molecule has 0 fully saturated rings. The molecule has 174 valence electrons. The van der Waals surface area contributed by atoms with Crippen molar-refractivity contribution in [2.45, 2.75) is 6.04 Å². The Morgan fingerprint density at radius 3 is 2.41 bits per heavy atom. The minimum atomic E-state index is -0.152. The molecule has 0 saturated carbocycles. The lowest BCUT2D eigenvalue weighted by atomic mass is 10.0. The number of pyridine rings is 2. The number of carbonyl (C=O) groups is 1. The molecule has 34 heavy (non-hydrogen) atoms. The van der Waals surface area contributed by atoms with Crippen LogP contribution in [0.15, 0.2) is 73.1 Å². The highest BCUT2D eigenvalue weighted by atomic mass is 16.5. The molecule has 2 heterocycles. The first-order chi connectivity index (χ1) is 16.5. The molecule has 4 rings (SSSR count). The van der Waals surface area contributed by atoms with Gasteiger partial charge in [-0.05, 0) is 56.1 Å². The molecule has 0 bridgehead atoms. The summed E-state index contributed by atoms with van der Waals surface area (Å²) in [5, 5.41) is 3.93. The minimum absolute atomic E-state index is 0.0588. The van der Waals surface area contributed by atoms with Gasteiger partial charge >= 0.3 is 0 Å². The lowest BCUT2D eigenvalue weighted by Crippen LogP contribution is -2.34. The number of amides is 1. The first-order valence-corrected chi connectivity index (χ1v) is 11.0. The second kappa shape index (κ2) is 10.3. The predicted molar refractivity (Wildman–Crippen MR) is 133 cm³/mol. The van der Waals surface area contributed by atoms with Crippen LogP contribution in [0.5, 0.6) is 11.5 Å². The van der Waals surface area contributed by atoms with Crippen molar-refractivity contribution in [1.29, 1.82) is 0 Å². The van der Waals surface area contributed by atoms with Crippen LogP contribution in [-0.2, 0) is 0 Å². The fourth-order valence-corrected chi connectivity index (χ4v) is 3.98. The largest absolute Gasteiger partial charge is 0.493 e. The Hall–Kier alpha value is -3.97. The SMILES string of the molecule is COc1ccc(C(CNC(=O)c2cc(-c3ccncc3)nc3ccccc23)N(C)C)cc1OC. The standard InChI is InChI=1S/C27H28N4O3/c1-31(2)24(19-9-10-25(33-3)26(15-19)34-4)17-29-27(32)21-16-23(18-11-13-28-14-12-18)30-22-8-6-5-7-20(21)22/h5-16,24H,17H2,1-4H3,(H,29,32). The number of para-hydroxylation sites is 1. The van der Waals surface area contributed by atoms with Gasteiger partial charge in [-0.15, -0.1) is 0 Å². The molecule has 2 aromatic carbocycles. The molecule has 7 nitrogen and oxygen atoms in total. The van der Waals surface area contributed by atoms with Crippen molar-refractivity contribution in [2.75, 3.05) is 34.9 Å². The van der Waals surface area contributed by atoms with E-state index in [4.69, 9.17) is 14.5 Å². The summed E-state index contributed by atoms with van der Waals surface area (Å²) in [5.74, 6) is 1.17. The third kappa shape index (κ3) is 4.84. The van der Waals surface area contributed by atoms with Gasteiger partial charge in [0.1, 0.15) is 0 Å². The van der Waals surface area contributed by atoms with E-state index in [2.05, 4.69) is 15.2 Å². The third-order valence-electron chi connectivity index (χ3n) is 5.81. The Morgan fingerprint density at radius 1 is 0.971 bits per heavy atom. The normalized spacial score (nSPS) is 11.9. The van der Waals surface area contributed by atoms with Gasteiger partial charge in [0.05, 0.1) is 37.0 Å². The monoisotopic (exact) mass is 456 g/mol. The zero-order valence-corrected chi connectivity index (χ0v) is 19.8. The summed E-state index contributed by atoms with van der Waals surface area (Å²) in [6.45, 7) is 0.419. The van der Waals surface area contributed by atoms with Crippen LogP contribution in [0.4, 0.5) is 0 Å². The van der Waals surface area contributed by atoms with Gasteiger partial charge in [-0.2, -0.15) is 0 Å². The molecule has 1 N–H and O–H groups in total. The van der Waals surface area contributed by atoms with Crippen molar-refractivity contribution >= 4 is 16.8 Å². The van der Waals surface area contributed by atoms with E-state index in [0.717, 1.165) is 27.7 Å². The topological polar surface area (TPSA) is 76.6 Å². The van der Waals surface area contributed by atoms with E-state index in [0.29, 0.717) is 23.6 Å². The molecule has 0 aliphatic heterocycles. The van der Waals surface area contributed by atoms with Crippen molar-refractivity contribution in [3.63, 3.8) is 0 Å². The van der Waals surface area contributed by atoms with Gasteiger partial charge in [0.15, 0.2) is 11.5 Å². The van der Waals surface area contributed by atoms with Crippen molar-refractivity contribution in [1.82, 2.24) is 20.2 Å². The highest BCUT2D eigenvalue weighted by molar-refractivity contribution is 6.07. The van der Waals surface area contributed by atoms with Crippen LogP contribution in [0.25, 0.3) is 22.2 Å². The maximum Gasteiger partial charge on any atom is 0.252 e. The van der Waals surface area contributed by atoms with Gasteiger partial charge in [-0.1, -0.05) is 24.3 Å². The smallest absolute Gasteiger partial charge is 0.252 e. The van der Waals surface area contributed by atoms with Gasteiger partial charge in [-0.3, -0.25) is 9.78 Å². The molecule has 0 saturated heterocycles. The molecule has 1 unspecified atom stereocenters. The van der Waals surface area contributed by atoms with E-state index in [1.54, 1.807) is 26.6 Å². The van der Waals surface area contributed by atoms with Crippen LogP contribution in [-0.4, -0.2) is 55.6 Å². The number of carbonyl (C=O) groups excluding carboxylic acids is 1.